The first-order valence-electron chi connectivity index (χ1n) is 5.90. The summed E-state index contributed by atoms with van der Waals surface area (Å²) in [7, 11) is -3.65. The fourth-order valence-corrected chi connectivity index (χ4v) is 3.68. The number of H-pyrrole nitrogens is 1. The number of benzene rings is 1. The van der Waals surface area contributed by atoms with Crippen molar-refractivity contribution in [2.75, 3.05) is 10.8 Å². The summed E-state index contributed by atoms with van der Waals surface area (Å²) in [6, 6.07) is 8.41. The van der Waals surface area contributed by atoms with E-state index in [1.807, 2.05) is 0 Å². The Bertz CT molecular complexity index is 682. The third kappa shape index (κ3) is 1.91. The lowest BCUT2D eigenvalue weighted by molar-refractivity contribution is 0.166. The third-order valence-electron chi connectivity index (χ3n) is 3.21. The number of fused-ring (bicyclic) bond motifs is 1. The number of nitrogens with zero attached hydrogens (tertiary/aromatic N) is 2. The van der Waals surface area contributed by atoms with Crippen molar-refractivity contribution in [3.63, 3.8) is 0 Å². The number of para-hydroxylation sites is 1. The fourth-order valence-electron chi connectivity index (χ4n) is 2.27. The number of anilines is 1. The highest BCUT2D eigenvalue weighted by Gasteiger charge is 2.32. The first-order chi connectivity index (χ1) is 9.10. The Morgan fingerprint density at radius 1 is 1.32 bits per heavy atom. The first kappa shape index (κ1) is 12.2. The second-order valence-electron chi connectivity index (χ2n) is 4.36. The molecule has 0 saturated heterocycles. The molecule has 1 atom stereocenters. The van der Waals surface area contributed by atoms with Crippen LogP contribution in [0.1, 0.15) is 18.1 Å². The number of aliphatic hydroxyl groups is 1. The van der Waals surface area contributed by atoms with E-state index in [2.05, 4.69) is 10.2 Å². The number of rotatable bonds is 2. The van der Waals surface area contributed by atoms with Gasteiger partial charge >= 0.3 is 0 Å². The summed E-state index contributed by atoms with van der Waals surface area (Å²) in [4.78, 5) is 0. The van der Waals surface area contributed by atoms with Crippen LogP contribution in [-0.2, 0) is 10.0 Å². The van der Waals surface area contributed by atoms with E-state index in [0.717, 1.165) is 0 Å². The Kier molecular flexibility index (Phi) is 2.79. The van der Waals surface area contributed by atoms with Gasteiger partial charge in [0.1, 0.15) is 0 Å². The average Bonchev–Trinajstić information content (AvgIpc) is 2.94. The van der Waals surface area contributed by atoms with Crippen LogP contribution in [0.3, 0.4) is 0 Å². The zero-order valence-corrected chi connectivity index (χ0v) is 10.8. The highest BCUT2D eigenvalue weighted by Crippen LogP contribution is 2.36. The van der Waals surface area contributed by atoms with Crippen LogP contribution in [0.2, 0.25) is 0 Å². The van der Waals surface area contributed by atoms with E-state index in [1.165, 1.54) is 16.6 Å². The van der Waals surface area contributed by atoms with Crippen molar-refractivity contribution in [1.29, 1.82) is 0 Å². The molecule has 1 aliphatic heterocycles. The van der Waals surface area contributed by atoms with E-state index in [0.29, 0.717) is 17.7 Å². The van der Waals surface area contributed by atoms with Crippen LogP contribution in [0, 0.1) is 0 Å². The van der Waals surface area contributed by atoms with Gasteiger partial charge in [0.15, 0.2) is 5.03 Å². The summed E-state index contributed by atoms with van der Waals surface area (Å²) in [5.74, 6) is 0. The molecule has 6 nitrogen and oxygen atoms in total. The Labute approximate surface area is 110 Å². The maximum Gasteiger partial charge on any atom is 0.281 e. The summed E-state index contributed by atoms with van der Waals surface area (Å²) >= 11 is 0. The van der Waals surface area contributed by atoms with Crippen molar-refractivity contribution in [2.45, 2.75) is 17.6 Å². The van der Waals surface area contributed by atoms with Gasteiger partial charge in [-0.3, -0.25) is 9.40 Å². The molecule has 19 heavy (non-hydrogen) atoms. The van der Waals surface area contributed by atoms with E-state index in [-0.39, 0.29) is 11.6 Å². The van der Waals surface area contributed by atoms with Crippen LogP contribution < -0.4 is 4.31 Å². The van der Waals surface area contributed by atoms with Gasteiger partial charge in [0.25, 0.3) is 10.0 Å². The molecule has 100 valence electrons. The van der Waals surface area contributed by atoms with Gasteiger partial charge < -0.3 is 5.11 Å². The lowest BCUT2D eigenvalue weighted by Gasteiger charge is -2.32. The second kappa shape index (κ2) is 4.36. The highest BCUT2D eigenvalue weighted by atomic mass is 32.2. The minimum atomic E-state index is -3.65. The van der Waals surface area contributed by atoms with E-state index >= 15 is 0 Å². The molecule has 0 saturated carbocycles. The summed E-state index contributed by atoms with van der Waals surface area (Å²) in [5, 5.41) is 16.1. The number of sulfonamides is 1. The van der Waals surface area contributed by atoms with E-state index < -0.39 is 16.1 Å². The van der Waals surface area contributed by atoms with Gasteiger partial charge in [0.2, 0.25) is 0 Å². The van der Waals surface area contributed by atoms with Gasteiger partial charge in [-0.05, 0) is 18.6 Å². The number of aromatic amines is 1. The summed E-state index contributed by atoms with van der Waals surface area (Å²) in [6.07, 6.45) is 1.16. The minimum Gasteiger partial charge on any atom is -0.388 e. The smallest absolute Gasteiger partial charge is 0.281 e. The SMILES string of the molecule is O=S(=O)(c1ccn[nH]1)N1CCC(O)c2ccccc21. The molecule has 2 heterocycles. The quantitative estimate of drug-likeness (QED) is 0.860. The second-order valence-corrected chi connectivity index (χ2v) is 6.19. The number of hydrogen-bond acceptors (Lipinski definition) is 4. The molecule has 1 unspecified atom stereocenters. The Morgan fingerprint density at radius 3 is 2.84 bits per heavy atom. The van der Waals surface area contributed by atoms with Gasteiger partial charge in [-0.15, -0.1) is 0 Å². The van der Waals surface area contributed by atoms with Gasteiger partial charge in [-0.2, -0.15) is 13.5 Å². The molecular formula is C12H13N3O3S. The number of aliphatic hydroxyl groups excluding tert-OH is 1. The minimum absolute atomic E-state index is 0.0543. The molecule has 1 aromatic heterocycles. The molecule has 1 aromatic carbocycles. The van der Waals surface area contributed by atoms with Crippen LogP contribution in [-0.4, -0.2) is 30.3 Å². The van der Waals surface area contributed by atoms with E-state index in [4.69, 9.17) is 0 Å². The monoisotopic (exact) mass is 279 g/mol. The predicted octanol–water partition coefficient (Wildman–Crippen LogP) is 1.04. The van der Waals surface area contributed by atoms with Crippen molar-refractivity contribution in [3.05, 3.63) is 42.1 Å². The standard InChI is InChI=1S/C12H13N3O3S/c16-11-6-8-15(10-4-2-1-3-9(10)11)19(17,18)12-5-7-13-14-12/h1-5,7,11,16H,6,8H2,(H,13,14). The van der Waals surface area contributed by atoms with Crippen molar-refractivity contribution >= 4 is 15.7 Å². The van der Waals surface area contributed by atoms with Crippen molar-refractivity contribution in [3.8, 4) is 0 Å². The number of aromatic nitrogens is 2. The van der Waals surface area contributed by atoms with Crippen LogP contribution in [0.4, 0.5) is 5.69 Å². The Morgan fingerprint density at radius 2 is 2.11 bits per heavy atom. The third-order valence-corrected chi connectivity index (χ3v) is 4.96. The highest BCUT2D eigenvalue weighted by molar-refractivity contribution is 7.92. The first-order valence-corrected chi connectivity index (χ1v) is 7.34. The lowest BCUT2D eigenvalue weighted by Crippen LogP contribution is -2.36. The van der Waals surface area contributed by atoms with Gasteiger partial charge in [-0.1, -0.05) is 18.2 Å². The molecule has 0 spiro atoms. The molecule has 0 fully saturated rings. The summed E-state index contributed by atoms with van der Waals surface area (Å²) < 4.78 is 26.3. The maximum atomic E-state index is 12.5. The Hall–Kier alpha value is -1.86. The molecule has 1 aliphatic rings. The molecule has 0 radical (unpaired) electrons. The molecule has 7 heteroatoms. The molecule has 0 aliphatic carbocycles. The van der Waals surface area contributed by atoms with Gasteiger partial charge in [-0.25, -0.2) is 0 Å². The van der Waals surface area contributed by atoms with E-state index in [9.17, 15) is 13.5 Å². The lowest BCUT2D eigenvalue weighted by atomic mass is 10.0. The number of nitrogens with one attached hydrogen (secondary N) is 1. The topological polar surface area (TPSA) is 86.3 Å². The molecule has 0 bridgehead atoms. The molecule has 2 N–H and O–H groups in total. The molecule has 2 aromatic rings. The Balaban J connectivity index is 2.11. The van der Waals surface area contributed by atoms with E-state index in [1.54, 1.807) is 24.3 Å². The maximum absolute atomic E-state index is 12.5. The normalized spacial score (nSPS) is 19.2. The van der Waals surface area contributed by atoms with Crippen LogP contribution in [0.25, 0.3) is 0 Å². The molecular weight excluding hydrogens is 266 g/mol. The van der Waals surface area contributed by atoms with Crippen molar-refractivity contribution in [2.24, 2.45) is 0 Å². The van der Waals surface area contributed by atoms with Gasteiger partial charge in [0.05, 0.1) is 18.0 Å². The van der Waals surface area contributed by atoms with Crippen LogP contribution >= 0.6 is 0 Å². The molecule has 0 amide bonds. The number of hydrogen-bond donors (Lipinski definition) is 2. The summed E-state index contributed by atoms with van der Waals surface area (Å²) in [5.41, 5.74) is 1.16. The van der Waals surface area contributed by atoms with Crippen molar-refractivity contribution < 1.29 is 13.5 Å². The van der Waals surface area contributed by atoms with Crippen LogP contribution in [0.5, 0.6) is 0 Å². The largest absolute Gasteiger partial charge is 0.388 e. The zero-order chi connectivity index (χ0) is 13.5. The van der Waals surface area contributed by atoms with Crippen LogP contribution in [0.15, 0.2) is 41.6 Å². The fraction of sp³-hybridized carbons (Fsp3) is 0.250. The zero-order valence-electron chi connectivity index (χ0n) is 10.0. The van der Waals surface area contributed by atoms with Crippen molar-refractivity contribution in [1.82, 2.24) is 10.2 Å². The predicted molar refractivity (Wildman–Crippen MR) is 69.1 cm³/mol. The van der Waals surface area contributed by atoms with Gasteiger partial charge in [0, 0.05) is 12.1 Å². The molecule has 3 rings (SSSR count). The summed E-state index contributed by atoms with van der Waals surface area (Å²) in [6.45, 7) is 0.250. The average molecular weight is 279 g/mol.